The first kappa shape index (κ1) is 15.6. The predicted molar refractivity (Wildman–Crippen MR) is 94.8 cm³/mol. The van der Waals surface area contributed by atoms with E-state index in [1.807, 2.05) is 48.5 Å². The molecular formula is C20H16N2O2. The number of nitrogens with zero attached hydrogens (tertiary/aromatic N) is 2. The van der Waals surface area contributed by atoms with Crippen LogP contribution >= 0.6 is 0 Å². The Morgan fingerprint density at radius 3 is 2.67 bits per heavy atom. The summed E-state index contributed by atoms with van der Waals surface area (Å²) < 4.78 is 10.6. The number of pyridine rings is 1. The molecule has 3 aromatic rings. The molecule has 0 aliphatic carbocycles. The van der Waals surface area contributed by atoms with E-state index in [9.17, 15) is 5.26 Å². The average molecular weight is 316 g/mol. The van der Waals surface area contributed by atoms with Crippen LogP contribution in [0.15, 0.2) is 54.7 Å². The summed E-state index contributed by atoms with van der Waals surface area (Å²) in [6.45, 7) is 0. The van der Waals surface area contributed by atoms with Crippen LogP contribution in [-0.4, -0.2) is 19.2 Å². The van der Waals surface area contributed by atoms with E-state index in [2.05, 4.69) is 11.1 Å². The number of methoxy groups -OCH3 is 2. The zero-order chi connectivity index (χ0) is 16.9. The number of benzene rings is 2. The quantitative estimate of drug-likeness (QED) is 0.673. The smallest absolute Gasteiger partial charge is 0.131 e. The molecular weight excluding hydrogens is 300 g/mol. The Bertz CT molecular complexity index is 950. The van der Waals surface area contributed by atoms with Gasteiger partial charge in [-0.2, -0.15) is 5.26 Å². The van der Waals surface area contributed by atoms with Gasteiger partial charge in [-0.05, 0) is 35.9 Å². The molecule has 0 radical (unpaired) electrons. The van der Waals surface area contributed by atoms with Crippen molar-refractivity contribution in [3.63, 3.8) is 0 Å². The Balaban J connectivity index is 2.15. The largest absolute Gasteiger partial charge is 0.497 e. The molecule has 0 aliphatic rings. The number of hydrogen-bond donors (Lipinski definition) is 0. The minimum atomic E-state index is 0.519. The molecule has 24 heavy (non-hydrogen) atoms. The number of ether oxygens (including phenoxy) is 2. The van der Waals surface area contributed by atoms with Crippen molar-refractivity contribution in [3.05, 3.63) is 65.9 Å². The lowest BCUT2D eigenvalue weighted by molar-refractivity contribution is 0.393. The standard InChI is InChI=1S/C20H16N2O2/c1-23-16-7-8-18(20(12-16)24-2)15(13-21)11-14-9-10-22-19-6-4-3-5-17(14)19/h3-12H,1-2H3/b15-11-. The number of nitriles is 1. The molecule has 0 amide bonds. The minimum absolute atomic E-state index is 0.519. The number of fused-ring (bicyclic) bond motifs is 1. The molecule has 0 spiro atoms. The highest BCUT2D eigenvalue weighted by atomic mass is 16.5. The Morgan fingerprint density at radius 2 is 1.92 bits per heavy atom. The maximum Gasteiger partial charge on any atom is 0.131 e. The molecule has 0 saturated carbocycles. The van der Waals surface area contributed by atoms with Gasteiger partial charge in [0.1, 0.15) is 11.5 Å². The van der Waals surface area contributed by atoms with Gasteiger partial charge in [-0.15, -0.1) is 0 Å². The first-order valence-electron chi connectivity index (χ1n) is 7.44. The lowest BCUT2D eigenvalue weighted by Crippen LogP contribution is -1.93. The molecule has 4 nitrogen and oxygen atoms in total. The molecule has 1 aromatic heterocycles. The molecule has 0 unspecified atom stereocenters. The van der Waals surface area contributed by atoms with Crippen LogP contribution in [0.1, 0.15) is 11.1 Å². The summed E-state index contributed by atoms with van der Waals surface area (Å²) in [5.74, 6) is 1.28. The van der Waals surface area contributed by atoms with E-state index in [1.54, 1.807) is 26.5 Å². The third-order valence-electron chi connectivity index (χ3n) is 3.80. The SMILES string of the molecule is COc1ccc(/C(C#N)=C\c2ccnc3ccccc23)c(OC)c1. The first-order chi connectivity index (χ1) is 11.8. The molecule has 0 bridgehead atoms. The van der Waals surface area contributed by atoms with Gasteiger partial charge >= 0.3 is 0 Å². The van der Waals surface area contributed by atoms with E-state index in [0.717, 1.165) is 22.0 Å². The van der Waals surface area contributed by atoms with Crippen molar-refractivity contribution in [2.75, 3.05) is 14.2 Å². The predicted octanol–water partition coefficient (Wildman–Crippen LogP) is 4.32. The van der Waals surface area contributed by atoms with Crippen molar-refractivity contribution >= 4 is 22.6 Å². The summed E-state index contributed by atoms with van der Waals surface area (Å²) in [6.07, 6.45) is 3.60. The Labute approximate surface area is 140 Å². The second-order valence-corrected chi connectivity index (χ2v) is 5.15. The van der Waals surface area contributed by atoms with Crippen LogP contribution in [0.3, 0.4) is 0 Å². The normalized spacial score (nSPS) is 11.1. The molecule has 0 aliphatic heterocycles. The maximum atomic E-state index is 9.64. The van der Waals surface area contributed by atoms with Crippen LogP contribution in [0.2, 0.25) is 0 Å². The third-order valence-corrected chi connectivity index (χ3v) is 3.80. The maximum absolute atomic E-state index is 9.64. The molecule has 0 N–H and O–H groups in total. The van der Waals surface area contributed by atoms with Gasteiger partial charge in [0.25, 0.3) is 0 Å². The van der Waals surface area contributed by atoms with Crippen molar-refractivity contribution < 1.29 is 9.47 Å². The fraction of sp³-hybridized carbons (Fsp3) is 0.100. The van der Waals surface area contributed by atoms with Gasteiger partial charge in [0, 0.05) is 23.2 Å². The first-order valence-corrected chi connectivity index (χ1v) is 7.44. The molecule has 118 valence electrons. The molecule has 0 atom stereocenters. The Kier molecular flexibility index (Phi) is 4.44. The zero-order valence-electron chi connectivity index (χ0n) is 13.5. The number of hydrogen-bond acceptors (Lipinski definition) is 4. The molecule has 0 saturated heterocycles. The Morgan fingerprint density at radius 1 is 1.08 bits per heavy atom. The summed E-state index contributed by atoms with van der Waals surface area (Å²) in [5.41, 5.74) is 3.08. The van der Waals surface area contributed by atoms with E-state index >= 15 is 0 Å². The van der Waals surface area contributed by atoms with Gasteiger partial charge in [-0.1, -0.05) is 18.2 Å². The monoisotopic (exact) mass is 316 g/mol. The average Bonchev–Trinajstić information content (AvgIpc) is 2.65. The van der Waals surface area contributed by atoms with Crippen LogP contribution in [0.5, 0.6) is 11.5 Å². The van der Waals surface area contributed by atoms with E-state index in [4.69, 9.17) is 9.47 Å². The second-order valence-electron chi connectivity index (χ2n) is 5.15. The molecule has 2 aromatic carbocycles. The van der Waals surface area contributed by atoms with Gasteiger partial charge in [-0.25, -0.2) is 0 Å². The van der Waals surface area contributed by atoms with Crippen molar-refractivity contribution in [2.45, 2.75) is 0 Å². The van der Waals surface area contributed by atoms with Crippen molar-refractivity contribution in [2.24, 2.45) is 0 Å². The number of para-hydroxylation sites is 1. The fourth-order valence-electron chi connectivity index (χ4n) is 2.59. The third kappa shape index (κ3) is 2.92. The van der Waals surface area contributed by atoms with Crippen LogP contribution < -0.4 is 9.47 Å². The summed E-state index contributed by atoms with van der Waals surface area (Å²) in [4.78, 5) is 4.35. The van der Waals surface area contributed by atoms with Crippen LogP contribution in [-0.2, 0) is 0 Å². The van der Waals surface area contributed by atoms with Gasteiger partial charge in [0.05, 0.1) is 31.4 Å². The van der Waals surface area contributed by atoms with Gasteiger partial charge in [-0.3, -0.25) is 4.98 Å². The number of rotatable bonds is 4. The minimum Gasteiger partial charge on any atom is -0.497 e. The molecule has 3 rings (SSSR count). The number of aromatic nitrogens is 1. The second kappa shape index (κ2) is 6.84. The highest BCUT2D eigenvalue weighted by Gasteiger charge is 2.11. The van der Waals surface area contributed by atoms with E-state index in [0.29, 0.717) is 17.1 Å². The van der Waals surface area contributed by atoms with Crippen molar-refractivity contribution in [1.82, 2.24) is 4.98 Å². The lowest BCUT2D eigenvalue weighted by Gasteiger charge is -2.10. The van der Waals surface area contributed by atoms with Gasteiger partial charge in [0.2, 0.25) is 0 Å². The Hall–Kier alpha value is -3.32. The summed E-state index contributed by atoms with van der Waals surface area (Å²) in [6, 6.07) is 17.4. The van der Waals surface area contributed by atoms with Crippen LogP contribution in [0.4, 0.5) is 0 Å². The van der Waals surface area contributed by atoms with Crippen LogP contribution in [0.25, 0.3) is 22.6 Å². The molecule has 0 fully saturated rings. The number of allylic oxidation sites excluding steroid dienone is 1. The lowest BCUT2D eigenvalue weighted by atomic mass is 10.0. The topological polar surface area (TPSA) is 55.1 Å². The van der Waals surface area contributed by atoms with Gasteiger partial charge in [0.15, 0.2) is 0 Å². The summed E-state index contributed by atoms with van der Waals surface area (Å²) in [7, 11) is 3.17. The zero-order valence-corrected chi connectivity index (χ0v) is 13.5. The fourth-order valence-corrected chi connectivity index (χ4v) is 2.59. The highest BCUT2D eigenvalue weighted by molar-refractivity contribution is 5.98. The van der Waals surface area contributed by atoms with Crippen LogP contribution in [0, 0.1) is 11.3 Å². The van der Waals surface area contributed by atoms with E-state index < -0.39 is 0 Å². The molecule has 1 heterocycles. The molecule has 4 heteroatoms. The summed E-state index contributed by atoms with van der Waals surface area (Å²) in [5, 5.41) is 10.6. The van der Waals surface area contributed by atoms with E-state index in [1.165, 1.54) is 0 Å². The highest BCUT2D eigenvalue weighted by Crippen LogP contribution is 2.31. The van der Waals surface area contributed by atoms with Gasteiger partial charge < -0.3 is 9.47 Å². The van der Waals surface area contributed by atoms with Crippen molar-refractivity contribution in [1.29, 1.82) is 5.26 Å². The summed E-state index contributed by atoms with van der Waals surface area (Å²) >= 11 is 0. The van der Waals surface area contributed by atoms with E-state index in [-0.39, 0.29) is 0 Å². The van der Waals surface area contributed by atoms with Crippen molar-refractivity contribution in [3.8, 4) is 17.6 Å².